The van der Waals surface area contributed by atoms with E-state index in [1.165, 1.54) is 4.88 Å². The standard InChI is InChI=1S/C17H21NO3S/c1-17(2)5-4-13-11(6-17)14(16(19)20)15(22-13)12-9-21-8-10(12)7-18-3/h8-9,18H,4-7H2,1-3H3,(H,19,20). The number of fused-ring (bicyclic) bond motifs is 1. The fourth-order valence-electron chi connectivity index (χ4n) is 3.19. The van der Waals surface area contributed by atoms with Gasteiger partial charge in [0.2, 0.25) is 0 Å². The minimum absolute atomic E-state index is 0.166. The van der Waals surface area contributed by atoms with Gasteiger partial charge >= 0.3 is 5.97 Å². The van der Waals surface area contributed by atoms with Gasteiger partial charge in [-0.25, -0.2) is 4.79 Å². The van der Waals surface area contributed by atoms with Crippen LogP contribution in [0, 0.1) is 5.41 Å². The van der Waals surface area contributed by atoms with Crippen molar-refractivity contribution in [2.24, 2.45) is 5.41 Å². The van der Waals surface area contributed by atoms with Crippen molar-refractivity contribution in [3.8, 4) is 10.4 Å². The molecule has 1 aliphatic rings. The Morgan fingerprint density at radius 3 is 2.91 bits per heavy atom. The first-order valence-corrected chi connectivity index (χ1v) is 8.32. The zero-order chi connectivity index (χ0) is 15.9. The SMILES string of the molecule is CNCc1cocc1-c1sc2c(c1C(=O)O)CC(C)(C)CC2. The second-order valence-corrected chi connectivity index (χ2v) is 7.80. The molecule has 0 bridgehead atoms. The molecular weight excluding hydrogens is 298 g/mol. The Labute approximate surface area is 134 Å². The lowest BCUT2D eigenvalue weighted by atomic mass is 9.76. The minimum Gasteiger partial charge on any atom is -0.478 e. The molecule has 0 unspecified atom stereocenters. The van der Waals surface area contributed by atoms with Gasteiger partial charge in [-0.2, -0.15) is 0 Å². The number of carboxylic acids is 1. The molecule has 0 spiro atoms. The van der Waals surface area contributed by atoms with E-state index in [1.807, 2.05) is 7.05 Å². The molecule has 0 saturated carbocycles. The second-order valence-electron chi connectivity index (χ2n) is 6.70. The fourth-order valence-corrected chi connectivity index (χ4v) is 4.54. The topological polar surface area (TPSA) is 62.5 Å². The molecule has 0 saturated heterocycles. The van der Waals surface area contributed by atoms with Gasteiger partial charge in [0.15, 0.2) is 0 Å². The van der Waals surface area contributed by atoms with Gasteiger partial charge in [-0.15, -0.1) is 11.3 Å². The Morgan fingerprint density at radius 2 is 2.23 bits per heavy atom. The van der Waals surface area contributed by atoms with Crippen LogP contribution in [0.3, 0.4) is 0 Å². The van der Waals surface area contributed by atoms with Gasteiger partial charge < -0.3 is 14.8 Å². The van der Waals surface area contributed by atoms with Crippen LogP contribution in [0.4, 0.5) is 0 Å². The number of hydrogen-bond acceptors (Lipinski definition) is 4. The Morgan fingerprint density at radius 1 is 1.45 bits per heavy atom. The van der Waals surface area contributed by atoms with E-state index < -0.39 is 5.97 Å². The third kappa shape index (κ3) is 2.59. The third-order valence-corrected chi connectivity index (χ3v) is 5.67. The third-order valence-electron chi connectivity index (χ3n) is 4.34. The maximum absolute atomic E-state index is 11.9. The average molecular weight is 319 g/mol. The molecule has 2 heterocycles. The van der Waals surface area contributed by atoms with E-state index in [9.17, 15) is 9.90 Å². The summed E-state index contributed by atoms with van der Waals surface area (Å²) in [5.74, 6) is -0.832. The molecule has 0 radical (unpaired) electrons. The van der Waals surface area contributed by atoms with Gasteiger partial charge in [-0.3, -0.25) is 0 Å². The zero-order valence-electron chi connectivity index (χ0n) is 13.2. The van der Waals surface area contributed by atoms with Crippen molar-refractivity contribution in [1.82, 2.24) is 5.32 Å². The van der Waals surface area contributed by atoms with Crippen LogP contribution in [0.15, 0.2) is 16.9 Å². The first-order valence-electron chi connectivity index (χ1n) is 7.51. The first kappa shape index (κ1) is 15.3. The summed E-state index contributed by atoms with van der Waals surface area (Å²) in [6.45, 7) is 5.09. The van der Waals surface area contributed by atoms with Crippen molar-refractivity contribution in [2.45, 2.75) is 39.7 Å². The van der Waals surface area contributed by atoms with E-state index in [4.69, 9.17) is 4.42 Å². The van der Waals surface area contributed by atoms with Gasteiger partial charge in [0.25, 0.3) is 0 Å². The van der Waals surface area contributed by atoms with E-state index in [1.54, 1.807) is 23.9 Å². The summed E-state index contributed by atoms with van der Waals surface area (Å²) in [6, 6.07) is 0. The summed E-state index contributed by atoms with van der Waals surface area (Å²) in [5, 5.41) is 12.9. The van der Waals surface area contributed by atoms with Gasteiger partial charge in [-0.05, 0) is 37.3 Å². The van der Waals surface area contributed by atoms with E-state index in [-0.39, 0.29) is 5.41 Å². The van der Waals surface area contributed by atoms with E-state index >= 15 is 0 Å². The van der Waals surface area contributed by atoms with E-state index in [2.05, 4.69) is 19.2 Å². The molecule has 2 N–H and O–H groups in total. The van der Waals surface area contributed by atoms with E-state index in [0.29, 0.717) is 12.1 Å². The zero-order valence-corrected chi connectivity index (χ0v) is 14.0. The highest BCUT2D eigenvalue weighted by Gasteiger charge is 2.33. The van der Waals surface area contributed by atoms with Gasteiger partial charge in [0, 0.05) is 22.5 Å². The molecule has 118 valence electrons. The molecule has 5 heteroatoms. The summed E-state index contributed by atoms with van der Waals surface area (Å²) in [4.78, 5) is 14.0. The number of furan rings is 1. The van der Waals surface area contributed by atoms with Crippen LogP contribution in [-0.4, -0.2) is 18.1 Å². The lowest BCUT2D eigenvalue weighted by Gasteiger charge is -2.29. The Balaban J connectivity index is 2.15. The Kier molecular flexibility index (Phi) is 3.87. The molecule has 0 aliphatic heterocycles. The van der Waals surface area contributed by atoms with Crippen molar-refractivity contribution in [2.75, 3.05) is 7.05 Å². The average Bonchev–Trinajstić information content (AvgIpc) is 3.01. The Bertz CT molecular complexity index is 712. The van der Waals surface area contributed by atoms with Gasteiger partial charge in [-0.1, -0.05) is 13.8 Å². The monoisotopic (exact) mass is 319 g/mol. The summed E-state index contributed by atoms with van der Waals surface area (Å²) in [6.07, 6.45) is 6.27. The van der Waals surface area contributed by atoms with Crippen LogP contribution < -0.4 is 5.32 Å². The molecule has 4 nitrogen and oxygen atoms in total. The molecule has 0 aromatic carbocycles. The van der Waals surface area contributed by atoms with E-state index in [0.717, 1.165) is 40.8 Å². The lowest BCUT2D eigenvalue weighted by molar-refractivity contribution is 0.0696. The smallest absolute Gasteiger partial charge is 0.337 e. The molecule has 3 rings (SSSR count). The quantitative estimate of drug-likeness (QED) is 0.896. The number of aryl methyl sites for hydroxylation is 1. The van der Waals surface area contributed by atoms with Crippen molar-refractivity contribution < 1.29 is 14.3 Å². The fraction of sp³-hybridized carbons (Fsp3) is 0.471. The molecule has 0 atom stereocenters. The minimum atomic E-state index is -0.832. The number of rotatable bonds is 4. The number of carboxylic acid groups (broad SMARTS) is 1. The van der Waals surface area contributed by atoms with Crippen LogP contribution in [0.2, 0.25) is 0 Å². The molecule has 2 aromatic rings. The first-order chi connectivity index (χ1) is 10.4. The Hall–Kier alpha value is -1.59. The molecule has 2 aromatic heterocycles. The molecule has 1 aliphatic carbocycles. The van der Waals surface area contributed by atoms with Crippen molar-refractivity contribution in [1.29, 1.82) is 0 Å². The summed E-state index contributed by atoms with van der Waals surface area (Å²) in [7, 11) is 1.87. The predicted octanol–water partition coefficient (Wildman–Crippen LogP) is 3.94. The summed E-state index contributed by atoms with van der Waals surface area (Å²) in [5.41, 5.74) is 3.58. The van der Waals surface area contributed by atoms with Crippen LogP contribution in [-0.2, 0) is 19.4 Å². The van der Waals surface area contributed by atoms with Crippen molar-refractivity contribution in [3.63, 3.8) is 0 Å². The highest BCUT2D eigenvalue weighted by molar-refractivity contribution is 7.16. The van der Waals surface area contributed by atoms with Crippen molar-refractivity contribution >= 4 is 17.3 Å². The molecule has 22 heavy (non-hydrogen) atoms. The molecular formula is C17H21NO3S. The van der Waals surface area contributed by atoms with Crippen molar-refractivity contribution in [3.05, 3.63) is 34.1 Å². The summed E-state index contributed by atoms with van der Waals surface area (Å²) >= 11 is 1.62. The van der Waals surface area contributed by atoms with Gasteiger partial charge in [0.1, 0.15) is 0 Å². The number of carbonyl (C=O) groups is 1. The van der Waals surface area contributed by atoms with Crippen LogP contribution in [0.1, 0.15) is 46.6 Å². The number of aromatic carboxylic acids is 1. The van der Waals surface area contributed by atoms with Gasteiger partial charge in [0.05, 0.1) is 23.0 Å². The number of thiophene rings is 1. The van der Waals surface area contributed by atoms with Crippen LogP contribution in [0.25, 0.3) is 10.4 Å². The lowest BCUT2D eigenvalue weighted by Crippen LogP contribution is -2.22. The maximum Gasteiger partial charge on any atom is 0.337 e. The number of nitrogens with one attached hydrogen (secondary N) is 1. The summed E-state index contributed by atoms with van der Waals surface area (Å²) < 4.78 is 5.33. The van der Waals surface area contributed by atoms with Crippen LogP contribution >= 0.6 is 11.3 Å². The largest absolute Gasteiger partial charge is 0.478 e. The maximum atomic E-state index is 11.9. The number of hydrogen-bond donors (Lipinski definition) is 2. The highest BCUT2D eigenvalue weighted by atomic mass is 32.1. The van der Waals surface area contributed by atoms with Crippen LogP contribution in [0.5, 0.6) is 0 Å². The highest BCUT2D eigenvalue weighted by Crippen LogP contribution is 2.45. The molecule has 0 fully saturated rings. The molecule has 0 amide bonds. The normalized spacial score (nSPS) is 16.5. The predicted molar refractivity (Wildman–Crippen MR) is 87.6 cm³/mol. The second kappa shape index (κ2) is 5.56.